The Balaban J connectivity index is 1.76. The maximum Gasteiger partial charge on any atom is 0.239 e. The van der Waals surface area contributed by atoms with Crippen LogP contribution in [0.2, 0.25) is 0 Å². The molecular formula is C18H30N4O2. The molecule has 134 valence electrons. The maximum atomic E-state index is 12.4. The first-order valence-corrected chi connectivity index (χ1v) is 9.16. The van der Waals surface area contributed by atoms with Crippen LogP contribution in [0.25, 0.3) is 0 Å². The van der Waals surface area contributed by atoms with E-state index in [1.165, 1.54) is 0 Å². The van der Waals surface area contributed by atoms with Crippen LogP contribution in [0, 0.1) is 17.2 Å². The summed E-state index contributed by atoms with van der Waals surface area (Å²) in [5.74, 6) is 0.961. The van der Waals surface area contributed by atoms with Gasteiger partial charge in [-0.25, -0.2) is 0 Å². The zero-order valence-electron chi connectivity index (χ0n) is 15.0. The summed E-state index contributed by atoms with van der Waals surface area (Å²) in [6, 6.07) is 1.95. The summed E-state index contributed by atoms with van der Waals surface area (Å²) in [5, 5.41) is 8.64. The highest BCUT2D eigenvalue weighted by molar-refractivity contribution is 5.81. The van der Waals surface area contributed by atoms with Crippen LogP contribution in [0.3, 0.4) is 0 Å². The van der Waals surface area contributed by atoms with Gasteiger partial charge in [-0.2, -0.15) is 5.26 Å². The second-order valence-electron chi connectivity index (χ2n) is 7.12. The van der Waals surface area contributed by atoms with E-state index in [2.05, 4.69) is 11.0 Å². The van der Waals surface area contributed by atoms with Gasteiger partial charge in [0.25, 0.3) is 0 Å². The summed E-state index contributed by atoms with van der Waals surface area (Å²) < 4.78 is 0. The second-order valence-corrected chi connectivity index (χ2v) is 7.12. The number of likely N-dealkylation sites (N-methyl/N-ethyl adjacent to an activating group) is 1. The van der Waals surface area contributed by atoms with Crippen molar-refractivity contribution in [3.8, 4) is 6.07 Å². The Hall–Kier alpha value is -1.61. The Kier molecular flexibility index (Phi) is 7.04. The highest BCUT2D eigenvalue weighted by atomic mass is 16.2. The second kappa shape index (κ2) is 9.03. The van der Waals surface area contributed by atoms with Gasteiger partial charge < -0.3 is 9.80 Å². The number of likely N-dealkylation sites (tertiary alicyclic amines) is 2. The summed E-state index contributed by atoms with van der Waals surface area (Å²) >= 11 is 0. The zero-order valence-corrected chi connectivity index (χ0v) is 15.0. The van der Waals surface area contributed by atoms with Gasteiger partial charge in [-0.1, -0.05) is 0 Å². The van der Waals surface area contributed by atoms with E-state index >= 15 is 0 Å². The van der Waals surface area contributed by atoms with Crippen molar-refractivity contribution < 1.29 is 9.59 Å². The first kappa shape index (κ1) is 18.7. The van der Waals surface area contributed by atoms with Gasteiger partial charge in [-0.15, -0.1) is 0 Å². The lowest BCUT2D eigenvalue weighted by Gasteiger charge is -2.38. The lowest BCUT2D eigenvalue weighted by Crippen LogP contribution is -2.50. The number of amides is 2. The third kappa shape index (κ3) is 4.94. The van der Waals surface area contributed by atoms with Crippen molar-refractivity contribution in [2.24, 2.45) is 5.92 Å². The summed E-state index contributed by atoms with van der Waals surface area (Å²) in [7, 11) is 1.77. The number of piperidine rings is 2. The van der Waals surface area contributed by atoms with Crippen molar-refractivity contribution in [3.05, 3.63) is 0 Å². The molecular weight excluding hydrogens is 304 g/mol. The van der Waals surface area contributed by atoms with Crippen molar-refractivity contribution in [1.29, 1.82) is 5.26 Å². The lowest BCUT2D eigenvalue weighted by molar-refractivity contribution is -0.135. The molecule has 6 nitrogen and oxygen atoms in total. The van der Waals surface area contributed by atoms with Crippen molar-refractivity contribution in [3.63, 3.8) is 0 Å². The first-order chi connectivity index (χ1) is 11.5. The van der Waals surface area contributed by atoms with Gasteiger partial charge in [0.15, 0.2) is 0 Å². The van der Waals surface area contributed by atoms with Crippen LogP contribution in [0.1, 0.15) is 45.4 Å². The molecule has 2 heterocycles. The van der Waals surface area contributed by atoms with E-state index in [4.69, 9.17) is 5.26 Å². The summed E-state index contributed by atoms with van der Waals surface area (Å²) in [6.07, 6.45) is 5.34. The minimum atomic E-state index is -0.133. The zero-order chi connectivity index (χ0) is 17.5. The summed E-state index contributed by atoms with van der Waals surface area (Å²) in [4.78, 5) is 30.3. The van der Waals surface area contributed by atoms with Crippen molar-refractivity contribution in [2.75, 3.05) is 39.8 Å². The van der Waals surface area contributed by atoms with E-state index < -0.39 is 0 Å². The molecule has 0 aromatic rings. The average Bonchev–Trinajstić information content (AvgIpc) is 2.61. The van der Waals surface area contributed by atoms with Crippen LogP contribution in [0.15, 0.2) is 0 Å². The molecule has 2 saturated heterocycles. The van der Waals surface area contributed by atoms with Gasteiger partial charge in [-0.3, -0.25) is 14.5 Å². The normalized spacial score (nSPS) is 21.4. The molecule has 2 aliphatic heterocycles. The lowest BCUT2D eigenvalue weighted by atomic mass is 9.94. The van der Waals surface area contributed by atoms with Crippen molar-refractivity contribution in [1.82, 2.24) is 14.7 Å². The molecule has 0 bridgehead atoms. The molecule has 0 spiro atoms. The average molecular weight is 334 g/mol. The molecule has 2 fully saturated rings. The van der Waals surface area contributed by atoms with Crippen molar-refractivity contribution >= 4 is 11.8 Å². The summed E-state index contributed by atoms with van der Waals surface area (Å²) in [6.45, 7) is 6.07. The molecule has 24 heavy (non-hydrogen) atoms. The predicted octanol–water partition coefficient (Wildman–Crippen LogP) is 1.47. The van der Waals surface area contributed by atoms with E-state index in [1.807, 2.05) is 11.8 Å². The fraction of sp³-hybridized carbons (Fsp3) is 0.833. The van der Waals surface area contributed by atoms with Crippen LogP contribution in [-0.4, -0.2) is 72.3 Å². The van der Waals surface area contributed by atoms with E-state index in [-0.39, 0.29) is 11.9 Å². The topological polar surface area (TPSA) is 67.7 Å². The fourth-order valence-electron chi connectivity index (χ4n) is 3.69. The van der Waals surface area contributed by atoms with Gasteiger partial charge in [0.05, 0.1) is 18.5 Å². The van der Waals surface area contributed by atoms with E-state index in [1.54, 1.807) is 11.9 Å². The van der Waals surface area contributed by atoms with Crippen molar-refractivity contribution in [2.45, 2.75) is 51.5 Å². The van der Waals surface area contributed by atoms with Gasteiger partial charge in [0, 0.05) is 33.1 Å². The number of rotatable bonds is 6. The van der Waals surface area contributed by atoms with Crippen LogP contribution in [0.4, 0.5) is 0 Å². The fourth-order valence-corrected chi connectivity index (χ4v) is 3.69. The first-order valence-electron chi connectivity index (χ1n) is 9.16. The molecule has 0 aromatic carbocycles. The van der Waals surface area contributed by atoms with Gasteiger partial charge >= 0.3 is 0 Å². The highest BCUT2D eigenvalue weighted by Crippen LogP contribution is 2.22. The van der Waals surface area contributed by atoms with E-state index in [0.717, 1.165) is 51.9 Å². The quantitative estimate of drug-likeness (QED) is 0.738. The minimum Gasteiger partial charge on any atom is -0.343 e. The summed E-state index contributed by atoms with van der Waals surface area (Å²) in [5.41, 5.74) is 0. The molecule has 2 aliphatic rings. The largest absolute Gasteiger partial charge is 0.343 e. The SMILES string of the molecule is CC(C(=O)N(C)CCC#N)N1CCC(CN2CCCCC2=O)CC1. The highest BCUT2D eigenvalue weighted by Gasteiger charge is 2.30. The number of carbonyl (C=O) groups is 2. The van der Waals surface area contributed by atoms with Crippen LogP contribution in [-0.2, 0) is 9.59 Å². The molecule has 0 aliphatic carbocycles. The van der Waals surface area contributed by atoms with Gasteiger partial charge in [0.1, 0.15) is 0 Å². The Morgan fingerprint density at radius 1 is 1.33 bits per heavy atom. The smallest absolute Gasteiger partial charge is 0.239 e. The third-order valence-electron chi connectivity index (χ3n) is 5.39. The molecule has 0 radical (unpaired) electrons. The van der Waals surface area contributed by atoms with Crippen LogP contribution < -0.4 is 0 Å². The predicted molar refractivity (Wildman–Crippen MR) is 92.1 cm³/mol. The molecule has 2 amide bonds. The number of hydrogen-bond donors (Lipinski definition) is 0. The molecule has 2 rings (SSSR count). The van der Waals surface area contributed by atoms with E-state index in [0.29, 0.717) is 31.2 Å². The molecule has 0 saturated carbocycles. The van der Waals surface area contributed by atoms with Crippen LogP contribution in [0.5, 0.6) is 0 Å². The monoisotopic (exact) mass is 334 g/mol. The standard InChI is InChI=1S/C18H30N4O2/c1-15(18(24)20(2)10-5-9-19)21-12-7-16(8-13-21)14-22-11-4-3-6-17(22)23/h15-16H,3-8,10-14H2,1-2H3. The number of nitriles is 1. The molecule has 1 atom stereocenters. The Bertz CT molecular complexity index is 480. The Morgan fingerprint density at radius 2 is 2.04 bits per heavy atom. The minimum absolute atomic E-state index is 0.0925. The van der Waals surface area contributed by atoms with E-state index in [9.17, 15) is 9.59 Å². The molecule has 0 N–H and O–H groups in total. The van der Waals surface area contributed by atoms with Gasteiger partial charge in [0.2, 0.25) is 11.8 Å². The Labute approximate surface area is 145 Å². The Morgan fingerprint density at radius 3 is 2.67 bits per heavy atom. The van der Waals surface area contributed by atoms with Crippen LogP contribution >= 0.6 is 0 Å². The number of carbonyl (C=O) groups excluding carboxylic acids is 2. The van der Waals surface area contributed by atoms with Gasteiger partial charge in [-0.05, 0) is 51.6 Å². The number of hydrogen-bond acceptors (Lipinski definition) is 4. The third-order valence-corrected chi connectivity index (χ3v) is 5.39. The molecule has 0 aromatic heterocycles. The maximum absolute atomic E-state index is 12.4. The number of nitrogens with zero attached hydrogens (tertiary/aromatic N) is 4. The molecule has 6 heteroatoms. The molecule has 1 unspecified atom stereocenters.